The topological polar surface area (TPSA) is 46.5 Å². The highest BCUT2D eigenvalue weighted by molar-refractivity contribution is 5.68. The number of fused-ring (bicyclic) bond motifs is 1. The van der Waals surface area contributed by atoms with Crippen LogP contribution in [-0.4, -0.2) is 11.1 Å². The van der Waals surface area contributed by atoms with Gasteiger partial charge in [0.1, 0.15) is 0 Å². The molecule has 0 saturated carbocycles. The van der Waals surface area contributed by atoms with Crippen LogP contribution in [0.5, 0.6) is 0 Å². The average Bonchev–Trinajstić information content (AvgIpc) is 2.48. The number of carbonyl (C=O) groups is 1. The Hall–Kier alpha value is -1.35. The highest BCUT2D eigenvalue weighted by Gasteiger charge is 2.24. The molecule has 2 rings (SSSR count). The van der Waals surface area contributed by atoms with Gasteiger partial charge in [-0.3, -0.25) is 4.79 Å². The van der Waals surface area contributed by atoms with Crippen LogP contribution >= 0.6 is 0 Å². The Morgan fingerprint density at radius 2 is 2.31 bits per heavy atom. The van der Waals surface area contributed by atoms with Crippen LogP contribution in [0.1, 0.15) is 23.7 Å². The zero-order valence-corrected chi connectivity index (χ0v) is 7.06. The molecule has 13 heavy (non-hydrogen) atoms. The van der Waals surface area contributed by atoms with Crippen LogP contribution in [0.2, 0.25) is 0 Å². The van der Waals surface area contributed by atoms with Crippen molar-refractivity contribution in [3.63, 3.8) is 0 Å². The summed E-state index contributed by atoms with van der Waals surface area (Å²) in [6.45, 7) is 0.536. The van der Waals surface area contributed by atoms with Gasteiger partial charge in [-0.05, 0) is 11.1 Å². The van der Waals surface area contributed by atoms with Crippen LogP contribution in [0.4, 0.5) is 0 Å². The van der Waals surface area contributed by atoms with Gasteiger partial charge in [0.25, 0.3) is 0 Å². The SMILES string of the molecule is O=C(O)CC1OCc2ccccc21. The molecule has 1 aliphatic rings. The number of carboxylic acids is 1. The maximum atomic E-state index is 10.5. The molecule has 1 aromatic carbocycles. The lowest BCUT2D eigenvalue weighted by atomic mass is 10.0. The second-order valence-electron chi connectivity index (χ2n) is 3.10. The summed E-state index contributed by atoms with van der Waals surface area (Å²) in [4.78, 5) is 10.5. The van der Waals surface area contributed by atoms with Crippen LogP contribution < -0.4 is 0 Å². The molecule has 3 heteroatoms. The number of ether oxygens (including phenoxy) is 1. The Morgan fingerprint density at radius 1 is 1.54 bits per heavy atom. The summed E-state index contributed by atoms with van der Waals surface area (Å²) < 4.78 is 5.35. The van der Waals surface area contributed by atoms with Crippen LogP contribution in [-0.2, 0) is 16.1 Å². The summed E-state index contributed by atoms with van der Waals surface area (Å²) in [6.07, 6.45) is -0.203. The molecule has 3 nitrogen and oxygen atoms in total. The van der Waals surface area contributed by atoms with Crippen molar-refractivity contribution in [2.24, 2.45) is 0 Å². The zero-order chi connectivity index (χ0) is 9.26. The molecule has 1 atom stereocenters. The normalized spacial score (nSPS) is 19.8. The standard InChI is InChI=1S/C10H10O3/c11-10(12)5-9-8-4-2-1-3-7(8)6-13-9/h1-4,9H,5-6H2,(H,11,12). The average molecular weight is 178 g/mol. The number of aliphatic carboxylic acids is 1. The van der Waals surface area contributed by atoms with Gasteiger partial charge in [-0.2, -0.15) is 0 Å². The summed E-state index contributed by atoms with van der Waals surface area (Å²) in [7, 11) is 0. The van der Waals surface area contributed by atoms with E-state index in [4.69, 9.17) is 9.84 Å². The second-order valence-corrected chi connectivity index (χ2v) is 3.10. The van der Waals surface area contributed by atoms with E-state index in [1.54, 1.807) is 0 Å². The molecule has 0 spiro atoms. The van der Waals surface area contributed by atoms with Crippen LogP contribution in [0.3, 0.4) is 0 Å². The Labute approximate surface area is 76.0 Å². The van der Waals surface area contributed by atoms with Gasteiger partial charge in [-0.15, -0.1) is 0 Å². The first kappa shape index (κ1) is 8.26. The number of carboxylic acid groups (broad SMARTS) is 1. The molecule has 1 N–H and O–H groups in total. The van der Waals surface area contributed by atoms with E-state index < -0.39 is 5.97 Å². The van der Waals surface area contributed by atoms with Gasteiger partial charge in [0, 0.05) is 0 Å². The van der Waals surface area contributed by atoms with Gasteiger partial charge >= 0.3 is 5.97 Å². The third-order valence-electron chi connectivity index (χ3n) is 2.20. The second kappa shape index (κ2) is 3.18. The lowest BCUT2D eigenvalue weighted by Gasteiger charge is -2.06. The van der Waals surface area contributed by atoms with Crippen LogP contribution in [0.15, 0.2) is 24.3 Å². The van der Waals surface area contributed by atoms with E-state index in [0.29, 0.717) is 6.61 Å². The molecule has 0 amide bonds. The summed E-state index contributed by atoms with van der Waals surface area (Å²) in [5.41, 5.74) is 2.12. The molecule has 0 saturated heterocycles. The first-order valence-electron chi connectivity index (χ1n) is 4.18. The molecule has 0 aromatic heterocycles. The molecular weight excluding hydrogens is 168 g/mol. The largest absolute Gasteiger partial charge is 0.481 e. The van der Waals surface area contributed by atoms with Crippen molar-refractivity contribution in [3.8, 4) is 0 Å². The molecule has 0 aliphatic carbocycles. The van der Waals surface area contributed by atoms with Gasteiger partial charge in [-0.1, -0.05) is 24.3 Å². The monoisotopic (exact) mass is 178 g/mol. The van der Waals surface area contributed by atoms with Crippen LogP contribution in [0.25, 0.3) is 0 Å². The fourth-order valence-electron chi connectivity index (χ4n) is 1.59. The van der Waals surface area contributed by atoms with Gasteiger partial charge in [0.15, 0.2) is 0 Å². The molecular formula is C10H10O3. The van der Waals surface area contributed by atoms with Crippen LogP contribution in [0, 0.1) is 0 Å². The number of hydrogen-bond donors (Lipinski definition) is 1. The van der Waals surface area contributed by atoms with E-state index in [1.165, 1.54) is 0 Å². The van der Waals surface area contributed by atoms with Gasteiger partial charge in [-0.25, -0.2) is 0 Å². The Bertz CT molecular complexity index is 333. The van der Waals surface area contributed by atoms with Crippen molar-refractivity contribution in [2.45, 2.75) is 19.1 Å². The van der Waals surface area contributed by atoms with Gasteiger partial charge in [0.05, 0.1) is 19.1 Å². The smallest absolute Gasteiger partial charge is 0.306 e. The minimum atomic E-state index is -0.818. The van der Waals surface area contributed by atoms with Crippen molar-refractivity contribution in [3.05, 3.63) is 35.4 Å². The summed E-state index contributed by atoms with van der Waals surface area (Å²) in [5.74, 6) is -0.818. The maximum Gasteiger partial charge on any atom is 0.306 e. The number of hydrogen-bond acceptors (Lipinski definition) is 2. The zero-order valence-electron chi connectivity index (χ0n) is 7.06. The predicted octanol–water partition coefficient (Wildman–Crippen LogP) is 1.73. The van der Waals surface area contributed by atoms with Crippen molar-refractivity contribution < 1.29 is 14.6 Å². The van der Waals surface area contributed by atoms with Gasteiger partial charge in [0.2, 0.25) is 0 Å². The quantitative estimate of drug-likeness (QED) is 0.750. The Balaban J connectivity index is 2.23. The third kappa shape index (κ3) is 1.55. The molecule has 1 unspecified atom stereocenters. The molecule has 0 fully saturated rings. The van der Waals surface area contributed by atoms with E-state index in [-0.39, 0.29) is 12.5 Å². The molecule has 1 heterocycles. The van der Waals surface area contributed by atoms with Gasteiger partial charge < -0.3 is 9.84 Å². The number of rotatable bonds is 2. The first-order valence-corrected chi connectivity index (χ1v) is 4.18. The van der Waals surface area contributed by atoms with E-state index in [2.05, 4.69) is 0 Å². The molecule has 68 valence electrons. The van der Waals surface area contributed by atoms with Crippen molar-refractivity contribution in [2.75, 3.05) is 0 Å². The molecule has 0 bridgehead atoms. The predicted molar refractivity (Wildman–Crippen MR) is 46.2 cm³/mol. The summed E-state index contributed by atoms with van der Waals surface area (Å²) in [5, 5.41) is 8.62. The lowest BCUT2D eigenvalue weighted by molar-refractivity contribution is -0.140. The maximum absolute atomic E-state index is 10.5. The lowest BCUT2D eigenvalue weighted by Crippen LogP contribution is -2.04. The number of benzene rings is 1. The van der Waals surface area contributed by atoms with E-state index in [9.17, 15) is 4.79 Å². The minimum Gasteiger partial charge on any atom is -0.481 e. The fourth-order valence-corrected chi connectivity index (χ4v) is 1.59. The molecule has 1 aliphatic heterocycles. The highest BCUT2D eigenvalue weighted by atomic mass is 16.5. The van der Waals surface area contributed by atoms with E-state index >= 15 is 0 Å². The van der Waals surface area contributed by atoms with Crippen molar-refractivity contribution in [1.29, 1.82) is 0 Å². The third-order valence-corrected chi connectivity index (χ3v) is 2.20. The highest BCUT2D eigenvalue weighted by Crippen LogP contribution is 2.32. The van der Waals surface area contributed by atoms with Crippen molar-refractivity contribution in [1.82, 2.24) is 0 Å². The Morgan fingerprint density at radius 3 is 3.08 bits per heavy atom. The van der Waals surface area contributed by atoms with Crippen molar-refractivity contribution >= 4 is 5.97 Å². The Kier molecular flexibility index (Phi) is 2.02. The summed E-state index contributed by atoms with van der Waals surface area (Å²) >= 11 is 0. The fraction of sp³-hybridized carbons (Fsp3) is 0.300. The molecule has 1 aromatic rings. The summed E-state index contributed by atoms with van der Waals surface area (Å²) in [6, 6.07) is 7.74. The first-order chi connectivity index (χ1) is 6.27. The van der Waals surface area contributed by atoms with E-state index in [1.807, 2.05) is 24.3 Å². The van der Waals surface area contributed by atoms with E-state index in [0.717, 1.165) is 11.1 Å². The molecule has 0 radical (unpaired) electrons. The minimum absolute atomic E-state index is 0.0526.